The Balaban J connectivity index is 2.27. The second-order valence-electron chi connectivity index (χ2n) is 4.04. The summed E-state index contributed by atoms with van der Waals surface area (Å²) in [4.78, 5) is 7.50. The van der Waals surface area contributed by atoms with Crippen LogP contribution in [-0.4, -0.2) is 15.1 Å². The minimum atomic E-state index is -4.51. The van der Waals surface area contributed by atoms with Gasteiger partial charge in [0.1, 0.15) is 0 Å². The molecule has 6 heteroatoms. The van der Waals surface area contributed by atoms with Gasteiger partial charge >= 0.3 is 6.18 Å². The van der Waals surface area contributed by atoms with Gasteiger partial charge in [0.15, 0.2) is 0 Å². The molecule has 19 heavy (non-hydrogen) atoms. The normalized spacial score (nSPS) is 13.3. The number of alkyl halides is 3. The van der Waals surface area contributed by atoms with Gasteiger partial charge < -0.3 is 5.11 Å². The molecule has 1 unspecified atom stereocenters. The van der Waals surface area contributed by atoms with E-state index in [1.807, 2.05) is 0 Å². The molecule has 0 aliphatic heterocycles. The molecule has 2 aromatic rings. The second-order valence-corrected chi connectivity index (χ2v) is 4.04. The van der Waals surface area contributed by atoms with Crippen LogP contribution in [0.5, 0.6) is 0 Å². The molecule has 0 saturated heterocycles. The maximum Gasteiger partial charge on any atom is 0.416 e. The second kappa shape index (κ2) is 5.36. The molecule has 0 amide bonds. The predicted molar refractivity (Wildman–Crippen MR) is 62.1 cm³/mol. The molecular formula is C13H11F3N2O. The van der Waals surface area contributed by atoms with E-state index >= 15 is 0 Å². The smallest absolute Gasteiger partial charge is 0.388 e. The summed E-state index contributed by atoms with van der Waals surface area (Å²) in [5.74, 6) is 0. The Morgan fingerprint density at radius 2 is 1.84 bits per heavy atom. The van der Waals surface area contributed by atoms with Crippen molar-refractivity contribution in [3.8, 4) is 0 Å². The van der Waals surface area contributed by atoms with Crippen LogP contribution in [-0.2, 0) is 12.6 Å². The molecule has 1 N–H and O–H groups in total. The summed E-state index contributed by atoms with van der Waals surface area (Å²) in [6.45, 7) is 0. The lowest BCUT2D eigenvalue weighted by Crippen LogP contribution is -2.13. The number of aliphatic hydroxyl groups excluding tert-OH is 1. The Morgan fingerprint density at radius 1 is 1.11 bits per heavy atom. The fraction of sp³-hybridized carbons (Fsp3) is 0.231. The highest BCUT2D eigenvalue weighted by Crippen LogP contribution is 2.34. The van der Waals surface area contributed by atoms with Crippen molar-refractivity contribution in [1.29, 1.82) is 0 Å². The largest absolute Gasteiger partial charge is 0.416 e. The van der Waals surface area contributed by atoms with Gasteiger partial charge in [-0.05, 0) is 17.7 Å². The van der Waals surface area contributed by atoms with E-state index in [2.05, 4.69) is 9.97 Å². The third kappa shape index (κ3) is 3.29. The van der Waals surface area contributed by atoms with Gasteiger partial charge in [0.05, 0.1) is 11.7 Å². The molecule has 2 aromatic heterocycles. The Hall–Kier alpha value is -1.95. The van der Waals surface area contributed by atoms with Crippen molar-refractivity contribution in [3.63, 3.8) is 0 Å². The van der Waals surface area contributed by atoms with Gasteiger partial charge in [-0.25, -0.2) is 0 Å². The Morgan fingerprint density at radius 3 is 2.47 bits per heavy atom. The van der Waals surface area contributed by atoms with Crippen LogP contribution in [0.4, 0.5) is 13.2 Å². The van der Waals surface area contributed by atoms with Crippen LogP contribution in [0.25, 0.3) is 0 Å². The molecule has 100 valence electrons. The number of hydrogen-bond acceptors (Lipinski definition) is 3. The van der Waals surface area contributed by atoms with E-state index in [0.29, 0.717) is 5.56 Å². The molecule has 0 saturated carbocycles. The number of aromatic nitrogens is 2. The van der Waals surface area contributed by atoms with E-state index in [1.165, 1.54) is 6.20 Å². The fourth-order valence-corrected chi connectivity index (χ4v) is 1.78. The van der Waals surface area contributed by atoms with E-state index in [-0.39, 0.29) is 12.0 Å². The van der Waals surface area contributed by atoms with Gasteiger partial charge in [-0.15, -0.1) is 0 Å². The molecular weight excluding hydrogens is 257 g/mol. The summed E-state index contributed by atoms with van der Waals surface area (Å²) in [7, 11) is 0. The molecule has 2 rings (SSSR count). The summed E-state index contributed by atoms with van der Waals surface area (Å²) >= 11 is 0. The third-order valence-corrected chi connectivity index (χ3v) is 2.67. The average molecular weight is 268 g/mol. The molecule has 0 aliphatic rings. The molecule has 3 nitrogen and oxygen atoms in total. The van der Waals surface area contributed by atoms with Gasteiger partial charge in [-0.1, -0.05) is 6.07 Å². The van der Waals surface area contributed by atoms with Crippen molar-refractivity contribution in [3.05, 3.63) is 59.7 Å². The first-order chi connectivity index (χ1) is 8.98. The molecule has 2 heterocycles. The summed E-state index contributed by atoms with van der Waals surface area (Å²) in [6, 6.07) is 4.22. The van der Waals surface area contributed by atoms with Crippen LogP contribution < -0.4 is 0 Å². The van der Waals surface area contributed by atoms with Gasteiger partial charge in [0.25, 0.3) is 0 Å². The highest BCUT2D eigenvalue weighted by Gasteiger charge is 2.34. The quantitative estimate of drug-likeness (QED) is 0.931. The molecule has 0 spiro atoms. The van der Waals surface area contributed by atoms with Crippen LogP contribution in [0, 0.1) is 0 Å². The highest BCUT2D eigenvalue weighted by molar-refractivity contribution is 5.29. The van der Waals surface area contributed by atoms with Gasteiger partial charge in [0, 0.05) is 36.8 Å². The van der Waals surface area contributed by atoms with Crippen molar-refractivity contribution in [2.45, 2.75) is 18.7 Å². The van der Waals surface area contributed by atoms with E-state index in [4.69, 9.17) is 0 Å². The Kier molecular flexibility index (Phi) is 3.80. The lowest BCUT2D eigenvalue weighted by Gasteiger charge is -2.16. The van der Waals surface area contributed by atoms with Crippen LogP contribution in [0.1, 0.15) is 22.8 Å². The number of aliphatic hydroxyl groups is 1. The molecule has 0 aliphatic carbocycles. The molecule has 0 aromatic carbocycles. The third-order valence-electron chi connectivity index (χ3n) is 2.67. The predicted octanol–water partition coefficient (Wildman–Crippen LogP) is 2.77. The van der Waals surface area contributed by atoms with Crippen molar-refractivity contribution in [2.24, 2.45) is 0 Å². The summed E-state index contributed by atoms with van der Waals surface area (Å²) in [5, 5.41) is 9.95. The zero-order valence-corrected chi connectivity index (χ0v) is 9.80. The van der Waals surface area contributed by atoms with E-state index < -0.39 is 17.8 Å². The topological polar surface area (TPSA) is 46.0 Å². The Bertz CT molecular complexity index is 543. The lowest BCUT2D eigenvalue weighted by molar-refractivity contribution is -0.139. The molecule has 1 atom stereocenters. The molecule has 0 radical (unpaired) electrons. The van der Waals surface area contributed by atoms with Crippen LogP contribution in [0.3, 0.4) is 0 Å². The monoisotopic (exact) mass is 268 g/mol. The standard InChI is InChI=1S/C13H11F3N2O/c14-13(15,16)11-3-5-18-8-10(11)12(19)6-9-2-1-4-17-7-9/h1-5,7-8,12,19H,6H2. The fourth-order valence-electron chi connectivity index (χ4n) is 1.78. The first kappa shape index (κ1) is 13.5. The van der Waals surface area contributed by atoms with Gasteiger partial charge in [-0.3, -0.25) is 9.97 Å². The lowest BCUT2D eigenvalue weighted by atomic mass is 9.99. The van der Waals surface area contributed by atoms with Crippen molar-refractivity contribution < 1.29 is 18.3 Å². The van der Waals surface area contributed by atoms with Crippen molar-refractivity contribution in [1.82, 2.24) is 9.97 Å². The van der Waals surface area contributed by atoms with Crippen LogP contribution >= 0.6 is 0 Å². The number of hydrogen-bond donors (Lipinski definition) is 1. The van der Waals surface area contributed by atoms with E-state index in [1.54, 1.807) is 18.3 Å². The number of nitrogens with zero attached hydrogens (tertiary/aromatic N) is 2. The van der Waals surface area contributed by atoms with Crippen molar-refractivity contribution >= 4 is 0 Å². The first-order valence-electron chi connectivity index (χ1n) is 5.56. The van der Waals surface area contributed by atoms with Gasteiger partial charge in [0.2, 0.25) is 0 Å². The van der Waals surface area contributed by atoms with E-state index in [0.717, 1.165) is 18.5 Å². The summed E-state index contributed by atoms with van der Waals surface area (Å²) in [5.41, 5.74) is -0.426. The number of pyridine rings is 2. The van der Waals surface area contributed by atoms with Crippen LogP contribution in [0.15, 0.2) is 43.0 Å². The minimum absolute atomic E-state index is 0.0581. The average Bonchev–Trinajstić information content (AvgIpc) is 2.39. The van der Waals surface area contributed by atoms with Crippen molar-refractivity contribution in [2.75, 3.05) is 0 Å². The van der Waals surface area contributed by atoms with E-state index in [9.17, 15) is 18.3 Å². The van der Waals surface area contributed by atoms with Gasteiger partial charge in [-0.2, -0.15) is 13.2 Å². The maximum absolute atomic E-state index is 12.8. The first-order valence-corrected chi connectivity index (χ1v) is 5.56. The highest BCUT2D eigenvalue weighted by atomic mass is 19.4. The number of halogens is 3. The zero-order valence-electron chi connectivity index (χ0n) is 9.80. The zero-order chi connectivity index (χ0) is 13.9. The summed E-state index contributed by atoms with van der Waals surface area (Å²) < 4.78 is 38.4. The Labute approximate surface area is 107 Å². The maximum atomic E-state index is 12.8. The molecule has 0 fully saturated rings. The minimum Gasteiger partial charge on any atom is -0.388 e. The van der Waals surface area contributed by atoms with Crippen LogP contribution in [0.2, 0.25) is 0 Å². The molecule has 0 bridgehead atoms. The number of rotatable bonds is 3. The SMILES string of the molecule is OC(Cc1cccnc1)c1cnccc1C(F)(F)F. The summed E-state index contributed by atoms with van der Waals surface area (Å²) in [6.07, 6.45) is -0.549.